The van der Waals surface area contributed by atoms with Crippen molar-refractivity contribution in [1.29, 1.82) is 0 Å². The Hall–Kier alpha value is -2.23. The van der Waals surface area contributed by atoms with Crippen molar-refractivity contribution in [1.82, 2.24) is 0 Å². The van der Waals surface area contributed by atoms with E-state index in [4.69, 9.17) is 5.11 Å². The number of halogens is 2. The lowest BCUT2D eigenvalue weighted by molar-refractivity contribution is -0.137. The largest absolute Gasteiger partial charge is 0.481 e. The molecule has 0 amide bonds. The summed E-state index contributed by atoms with van der Waals surface area (Å²) in [5.74, 6) is -3.20. The predicted molar refractivity (Wildman–Crippen MR) is 74.3 cm³/mol. The molecule has 0 radical (unpaired) electrons. The van der Waals surface area contributed by atoms with Gasteiger partial charge in [-0.1, -0.05) is 24.3 Å². The average molecular weight is 288 g/mol. The Bertz CT molecular complexity index is 710. The van der Waals surface area contributed by atoms with E-state index in [0.717, 1.165) is 17.2 Å². The number of fused-ring (bicyclic) bond motifs is 2. The molecule has 3 rings (SSSR count). The van der Waals surface area contributed by atoms with Crippen molar-refractivity contribution in [3.05, 3.63) is 70.3 Å². The van der Waals surface area contributed by atoms with Gasteiger partial charge in [0.2, 0.25) is 0 Å². The number of hydrogen-bond donors (Lipinski definition) is 1. The maximum absolute atomic E-state index is 13.6. The van der Waals surface area contributed by atoms with E-state index in [2.05, 4.69) is 0 Å². The molecule has 1 unspecified atom stereocenters. The Labute approximate surface area is 121 Å². The molecule has 0 saturated heterocycles. The summed E-state index contributed by atoms with van der Waals surface area (Å²) in [4.78, 5) is 11.2. The molecule has 2 aromatic carbocycles. The maximum atomic E-state index is 13.6. The van der Waals surface area contributed by atoms with E-state index in [1.54, 1.807) is 0 Å². The molecule has 0 fully saturated rings. The molecule has 0 saturated carbocycles. The molecule has 0 bridgehead atoms. The summed E-state index contributed by atoms with van der Waals surface area (Å²) in [7, 11) is 0. The van der Waals surface area contributed by atoms with Crippen LogP contribution in [-0.2, 0) is 17.6 Å². The zero-order valence-electron chi connectivity index (χ0n) is 11.3. The van der Waals surface area contributed by atoms with Crippen LogP contribution in [-0.4, -0.2) is 11.1 Å². The second-order valence-electron chi connectivity index (χ2n) is 5.31. The number of hydrogen-bond acceptors (Lipinski definition) is 1. The van der Waals surface area contributed by atoms with Crippen LogP contribution >= 0.6 is 0 Å². The van der Waals surface area contributed by atoms with Gasteiger partial charge in [0.05, 0.1) is 6.42 Å². The summed E-state index contributed by atoms with van der Waals surface area (Å²) >= 11 is 0. The Morgan fingerprint density at radius 2 is 1.71 bits per heavy atom. The van der Waals surface area contributed by atoms with Crippen LogP contribution in [0.15, 0.2) is 36.4 Å². The molecule has 0 aliphatic heterocycles. The van der Waals surface area contributed by atoms with E-state index in [1.165, 1.54) is 6.07 Å². The van der Waals surface area contributed by atoms with Crippen LogP contribution in [0.2, 0.25) is 0 Å². The molecular formula is C17H14F2O2. The first-order valence-corrected chi connectivity index (χ1v) is 6.83. The standard InChI is InChI=1S/C17H14F2O2/c18-15-7-11-6-5-10-3-1-2-4-12(10)14(9-17(20)21)13(11)8-16(15)19/h1-4,7-8,14H,5-6,9H2,(H,20,21). The highest BCUT2D eigenvalue weighted by Gasteiger charge is 2.27. The molecule has 1 aliphatic rings. The van der Waals surface area contributed by atoms with Crippen molar-refractivity contribution in [2.24, 2.45) is 0 Å². The first kappa shape index (κ1) is 13.7. The van der Waals surface area contributed by atoms with Crippen LogP contribution in [0.3, 0.4) is 0 Å². The fraction of sp³-hybridized carbons (Fsp3) is 0.235. The van der Waals surface area contributed by atoms with Gasteiger partial charge >= 0.3 is 5.97 Å². The summed E-state index contributed by atoms with van der Waals surface area (Å²) in [5.41, 5.74) is 3.21. The molecular weight excluding hydrogens is 274 g/mol. The summed E-state index contributed by atoms with van der Waals surface area (Å²) in [6.07, 6.45) is 1.15. The normalized spacial score (nSPS) is 16.8. The zero-order chi connectivity index (χ0) is 15.0. The minimum absolute atomic E-state index is 0.130. The van der Waals surface area contributed by atoms with Crippen molar-refractivity contribution in [3.63, 3.8) is 0 Å². The molecule has 21 heavy (non-hydrogen) atoms. The SMILES string of the molecule is O=C(O)CC1c2ccccc2CCc2cc(F)c(F)cc21. The van der Waals surface area contributed by atoms with E-state index < -0.39 is 23.5 Å². The molecule has 0 aromatic heterocycles. The molecule has 0 heterocycles. The molecule has 108 valence electrons. The van der Waals surface area contributed by atoms with E-state index in [9.17, 15) is 13.6 Å². The van der Waals surface area contributed by atoms with E-state index >= 15 is 0 Å². The minimum Gasteiger partial charge on any atom is -0.481 e. The first-order valence-electron chi connectivity index (χ1n) is 6.83. The van der Waals surface area contributed by atoms with Gasteiger partial charge in [-0.15, -0.1) is 0 Å². The van der Waals surface area contributed by atoms with Gasteiger partial charge in [0, 0.05) is 5.92 Å². The van der Waals surface area contributed by atoms with Gasteiger partial charge in [0.1, 0.15) is 0 Å². The summed E-state index contributed by atoms with van der Waals surface area (Å²) in [6, 6.07) is 9.92. The summed E-state index contributed by atoms with van der Waals surface area (Å²) in [5, 5.41) is 9.16. The first-order chi connectivity index (χ1) is 10.1. The Balaban J connectivity index is 2.20. The molecule has 2 nitrogen and oxygen atoms in total. The van der Waals surface area contributed by atoms with Gasteiger partial charge < -0.3 is 5.11 Å². The van der Waals surface area contributed by atoms with E-state index in [1.807, 2.05) is 24.3 Å². The van der Waals surface area contributed by atoms with Crippen LogP contribution in [0.4, 0.5) is 8.78 Å². The van der Waals surface area contributed by atoms with Gasteiger partial charge in [-0.25, -0.2) is 8.78 Å². The lowest BCUT2D eigenvalue weighted by atomic mass is 9.85. The summed E-state index contributed by atoms with van der Waals surface area (Å²) < 4.78 is 27.1. The number of carboxylic acid groups (broad SMARTS) is 1. The summed E-state index contributed by atoms with van der Waals surface area (Å²) in [6.45, 7) is 0. The third-order valence-electron chi connectivity index (χ3n) is 4.03. The van der Waals surface area contributed by atoms with Crippen LogP contribution in [0, 0.1) is 11.6 Å². The Kier molecular flexibility index (Phi) is 3.45. The van der Waals surface area contributed by atoms with Gasteiger partial charge in [-0.2, -0.15) is 0 Å². The second kappa shape index (κ2) is 5.28. The molecule has 1 atom stereocenters. The van der Waals surface area contributed by atoms with Crippen LogP contribution in [0.25, 0.3) is 0 Å². The lowest BCUT2D eigenvalue weighted by Gasteiger charge is -2.18. The number of carbonyl (C=O) groups is 1. The van der Waals surface area contributed by atoms with Crippen LogP contribution in [0.1, 0.15) is 34.6 Å². The third kappa shape index (κ3) is 2.53. The minimum atomic E-state index is -0.951. The predicted octanol–water partition coefficient (Wildman–Crippen LogP) is 3.67. The zero-order valence-corrected chi connectivity index (χ0v) is 11.3. The van der Waals surface area contributed by atoms with Crippen molar-refractivity contribution >= 4 is 5.97 Å². The van der Waals surface area contributed by atoms with Crippen molar-refractivity contribution in [2.45, 2.75) is 25.2 Å². The Morgan fingerprint density at radius 3 is 2.48 bits per heavy atom. The van der Waals surface area contributed by atoms with E-state index in [0.29, 0.717) is 24.0 Å². The van der Waals surface area contributed by atoms with Crippen LogP contribution in [0.5, 0.6) is 0 Å². The molecule has 4 heteroatoms. The van der Waals surface area contributed by atoms with Crippen molar-refractivity contribution in [3.8, 4) is 0 Å². The topological polar surface area (TPSA) is 37.3 Å². The number of aliphatic carboxylic acids is 1. The highest BCUT2D eigenvalue weighted by molar-refractivity contribution is 5.69. The Morgan fingerprint density at radius 1 is 1.05 bits per heavy atom. The third-order valence-corrected chi connectivity index (χ3v) is 4.03. The van der Waals surface area contributed by atoms with Gasteiger partial charge in [0.25, 0.3) is 0 Å². The fourth-order valence-electron chi connectivity index (χ4n) is 3.08. The van der Waals surface area contributed by atoms with E-state index in [-0.39, 0.29) is 6.42 Å². The number of carboxylic acids is 1. The van der Waals surface area contributed by atoms with Crippen molar-refractivity contribution in [2.75, 3.05) is 0 Å². The van der Waals surface area contributed by atoms with Crippen molar-refractivity contribution < 1.29 is 18.7 Å². The quantitative estimate of drug-likeness (QED) is 0.915. The molecule has 1 N–H and O–H groups in total. The molecule has 2 aromatic rings. The number of benzene rings is 2. The second-order valence-corrected chi connectivity index (χ2v) is 5.31. The highest BCUT2D eigenvalue weighted by atomic mass is 19.2. The van der Waals surface area contributed by atoms with Gasteiger partial charge in [-0.3, -0.25) is 4.79 Å². The van der Waals surface area contributed by atoms with Crippen LogP contribution < -0.4 is 0 Å². The smallest absolute Gasteiger partial charge is 0.304 e. The van der Waals surface area contributed by atoms with Gasteiger partial charge in [0.15, 0.2) is 11.6 Å². The van der Waals surface area contributed by atoms with Gasteiger partial charge in [-0.05, 0) is 47.2 Å². The number of aryl methyl sites for hydroxylation is 2. The maximum Gasteiger partial charge on any atom is 0.304 e. The number of rotatable bonds is 2. The molecule has 0 spiro atoms. The molecule has 1 aliphatic carbocycles. The lowest BCUT2D eigenvalue weighted by Crippen LogP contribution is -2.10. The monoisotopic (exact) mass is 288 g/mol. The fourth-order valence-corrected chi connectivity index (χ4v) is 3.08. The highest BCUT2D eigenvalue weighted by Crippen LogP contribution is 2.37. The average Bonchev–Trinajstić information content (AvgIpc) is 2.58.